The minimum atomic E-state index is 0.165. The summed E-state index contributed by atoms with van der Waals surface area (Å²) < 4.78 is 0. The molecule has 1 aromatic heterocycles. The van der Waals surface area contributed by atoms with Crippen LogP contribution in [0.5, 0.6) is 0 Å². The van der Waals surface area contributed by atoms with Crippen LogP contribution in [0.15, 0.2) is 6.33 Å². The van der Waals surface area contributed by atoms with E-state index in [2.05, 4.69) is 20.2 Å². The van der Waals surface area contributed by atoms with Gasteiger partial charge in [-0.05, 0) is 6.42 Å². The summed E-state index contributed by atoms with van der Waals surface area (Å²) in [6.07, 6.45) is 3.64. The number of aromatic nitrogens is 2. The summed E-state index contributed by atoms with van der Waals surface area (Å²) in [5.74, 6) is 1.21. The van der Waals surface area contributed by atoms with Crippen LogP contribution < -0.4 is 10.2 Å². The number of fused-ring (bicyclic) bond motifs is 1. The van der Waals surface area contributed by atoms with E-state index in [1.807, 2.05) is 4.90 Å². The molecule has 1 aromatic rings. The third kappa shape index (κ3) is 2.60. The van der Waals surface area contributed by atoms with Gasteiger partial charge in [-0.1, -0.05) is 0 Å². The molecule has 3 heterocycles. The molecule has 6 nitrogen and oxygen atoms in total. The van der Waals surface area contributed by atoms with Crippen molar-refractivity contribution < 1.29 is 4.79 Å². The van der Waals surface area contributed by atoms with Crippen LogP contribution in [0.4, 0.5) is 5.82 Å². The number of rotatable bonds is 1. The molecule has 0 aliphatic carbocycles. The Morgan fingerprint density at radius 2 is 2.15 bits per heavy atom. The second-order valence-electron chi connectivity index (χ2n) is 5.40. The van der Waals surface area contributed by atoms with Crippen LogP contribution in [-0.4, -0.2) is 53.5 Å². The zero-order chi connectivity index (χ0) is 13.9. The van der Waals surface area contributed by atoms with E-state index >= 15 is 0 Å². The minimum absolute atomic E-state index is 0.165. The highest BCUT2D eigenvalue weighted by Crippen LogP contribution is 2.23. The van der Waals surface area contributed by atoms with Crippen LogP contribution in [0.2, 0.25) is 0 Å². The van der Waals surface area contributed by atoms with Crippen molar-refractivity contribution in [3.05, 3.63) is 17.6 Å². The Kier molecular flexibility index (Phi) is 3.82. The normalized spacial score (nSPS) is 19.4. The summed E-state index contributed by atoms with van der Waals surface area (Å²) in [7, 11) is 0. The third-order valence-electron chi connectivity index (χ3n) is 4.09. The summed E-state index contributed by atoms with van der Waals surface area (Å²) >= 11 is 0. The van der Waals surface area contributed by atoms with Crippen molar-refractivity contribution in [1.29, 1.82) is 0 Å². The molecule has 0 bridgehead atoms. The lowest BCUT2D eigenvalue weighted by atomic mass is 10.1. The summed E-state index contributed by atoms with van der Waals surface area (Å²) in [5, 5.41) is 3.39. The molecule has 0 unspecified atom stereocenters. The molecule has 1 amide bonds. The molecule has 2 aliphatic rings. The highest BCUT2D eigenvalue weighted by atomic mass is 16.2. The lowest BCUT2D eigenvalue weighted by Gasteiger charge is -2.27. The Balaban J connectivity index is 1.81. The predicted octanol–water partition coefficient (Wildman–Crippen LogP) is 0.181. The average molecular weight is 275 g/mol. The van der Waals surface area contributed by atoms with Gasteiger partial charge in [0.15, 0.2) is 0 Å². The number of hydrogen-bond donors (Lipinski definition) is 1. The molecule has 108 valence electrons. The number of nitrogens with one attached hydrogen (secondary N) is 1. The molecule has 0 saturated carbocycles. The van der Waals surface area contributed by atoms with Gasteiger partial charge in [-0.2, -0.15) is 0 Å². The Morgan fingerprint density at radius 3 is 3.00 bits per heavy atom. The van der Waals surface area contributed by atoms with E-state index in [9.17, 15) is 4.79 Å². The van der Waals surface area contributed by atoms with Gasteiger partial charge in [-0.15, -0.1) is 0 Å². The van der Waals surface area contributed by atoms with Gasteiger partial charge in [0.05, 0.1) is 5.69 Å². The largest absolute Gasteiger partial charge is 0.354 e. The van der Waals surface area contributed by atoms with Crippen molar-refractivity contribution in [3.8, 4) is 0 Å². The number of hydrogen-bond acceptors (Lipinski definition) is 5. The zero-order valence-corrected chi connectivity index (χ0v) is 11.9. The molecule has 0 aromatic carbocycles. The Bertz CT molecular complexity index is 504. The third-order valence-corrected chi connectivity index (χ3v) is 4.09. The lowest BCUT2D eigenvalue weighted by Crippen LogP contribution is -2.35. The van der Waals surface area contributed by atoms with E-state index in [-0.39, 0.29) is 5.91 Å². The minimum Gasteiger partial charge on any atom is -0.354 e. The van der Waals surface area contributed by atoms with E-state index in [0.717, 1.165) is 57.9 Å². The Labute approximate surface area is 119 Å². The second kappa shape index (κ2) is 5.75. The number of nitrogens with zero attached hydrogens (tertiary/aromatic N) is 4. The smallest absolute Gasteiger partial charge is 0.219 e. The van der Waals surface area contributed by atoms with Crippen LogP contribution in [0.25, 0.3) is 0 Å². The first-order valence-electron chi connectivity index (χ1n) is 7.29. The molecule has 0 spiro atoms. The quantitative estimate of drug-likeness (QED) is 0.792. The molecular formula is C14H21N5O. The zero-order valence-electron chi connectivity index (χ0n) is 11.9. The van der Waals surface area contributed by atoms with Gasteiger partial charge in [-0.25, -0.2) is 9.97 Å². The van der Waals surface area contributed by atoms with Gasteiger partial charge in [0.2, 0.25) is 5.91 Å². The summed E-state index contributed by atoms with van der Waals surface area (Å²) in [6.45, 7) is 6.90. The standard InChI is InChI=1S/C14H21N5O/c1-11(20)18-5-2-6-19(8-7-18)14-12-9-15-4-3-13(12)16-10-17-14/h10,15H,2-9H2,1H3. The van der Waals surface area contributed by atoms with E-state index in [4.69, 9.17) is 0 Å². The average Bonchev–Trinajstić information content (AvgIpc) is 2.72. The predicted molar refractivity (Wildman–Crippen MR) is 76.5 cm³/mol. The van der Waals surface area contributed by atoms with Crippen LogP contribution in [-0.2, 0) is 17.8 Å². The molecule has 6 heteroatoms. The van der Waals surface area contributed by atoms with Crippen molar-refractivity contribution in [1.82, 2.24) is 20.2 Å². The number of anilines is 1. The van der Waals surface area contributed by atoms with Crippen molar-refractivity contribution >= 4 is 11.7 Å². The van der Waals surface area contributed by atoms with Crippen LogP contribution >= 0.6 is 0 Å². The topological polar surface area (TPSA) is 61.4 Å². The fourth-order valence-corrected chi connectivity index (χ4v) is 2.97. The molecule has 1 fully saturated rings. The first kappa shape index (κ1) is 13.3. The van der Waals surface area contributed by atoms with Gasteiger partial charge < -0.3 is 15.1 Å². The lowest BCUT2D eigenvalue weighted by molar-refractivity contribution is -0.128. The maximum atomic E-state index is 11.5. The van der Waals surface area contributed by atoms with E-state index in [0.29, 0.717) is 0 Å². The molecule has 3 rings (SSSR count). The van der Waals surface area contributed by atoms with Crippen LogP contribution in [0.1, 0.15) is 24.6 Å². The SMILES string of the molecule is CC(=O)N1CCCN(c2ncnc3c2CNCC3)CC1. The summed E-state index contributed by atoms with van der Waals surface area (Å²) in [5.41, 5.74) is 2.40. The molecule has 1 saturated heterocycles. The van der Waals surface area contributed by atoms with E-state index < -0.39 is 0 Å². The fraction of sp³-hybridized carbons (Fsp3) is 0.643. The molecule has 20 heavy (non-hydrogen) atoms. The Morgan fingerprint density at radius 1 is 1.25 bits per heavy atom. The van der Waals surface area contributed by atoms with Crippen molar-refractivity contribution in [2.24, 2.45) is 0 Å². The highest BCUT2D eigenvalue weighted by Gasteiger charge is 2.22. The Hall–Kier alpha value is -1.69. The monoisotopic (exact) mass is 275 g/mol. The number of amides is 1. The van der Waals surface area contributed by atoms with E-state index in [1.165, 1.54) is 11.3 Å². The number of carbonyl (C=O) groups excluding carboxylic acids is 1. The summed E-state index contributed by atoms with van der Waals surface area (Å²) in [6, 6.07) is 0. The van der Waals surface area contributed by atoms with Crippen LogP contribution in [0.3, 0.4) is 0 Å². The fourth-order valence-electron chi connectivity index (χ4n) is 2.97. The van der Waals surface area contributed by atoms with Gasteiger partial charge in [-0.3, -0.25) is 4.79 Å². The maximum Gasteiger partial charge on any atom is 0.219 e. The van der Waals surface area contributed by atoms with E-state index in [1.54, 1.807) is 13.3 Å². The van der Waals surface area contributed by atoms with Crippen molar-refractivity contribution in [2.75, 3.05) is 37.6 Å². The molecule has 0 radical (unpaired) electrons. The number of carbonyl (C=O) groups is 1. The summed E-state index contributed by atoms with van der Waals surface area (Å²) in [4.78, 5) is 24.6. The molecular weight excluding hydrogens is 254 g/mol. The first-order chi connectivity index (χ1) is 9.75. The van der Waals surface area contributed by atoms with Gasteiger partial charge in [0.25, 0.3) is 0 Å². The first-order valence-corrected chi connectivity index (χ1v) is 7.29. The highest BCUT2D eigenvalue weighted by molar-refractivity contribution is 5.73. The van der Waals surface area contributed by atoms with Gasteiger partial charge in [0.1, 0.15) is 12.1 Å². The maximum absolute atomic E-state index is 11.5. The van der Waals surface area contributed by atoms with Gasteiger partial charge in [0, 0.05) is 58.2 Å². The van der Waals surface area contributed by atoms with Crippen molar-refractivity contribution in [2.45, 2.75) is 26.3 Å². The van der Waals surface area contributed by atoms with Crippen molar-refractivity contribution in [3.63, 3.8) is 0 Å². The molecule has 0 atom stereocenters. The van der Waals surface area contributed by atoms with Crippen LogP contribution in [0, 0.1) is 0 Å². The molecule has 1 N–H and O–H groups in total. The van der Waals surface area contributed by atoms with Gasteiger partial charge >= 0.3 is 0 Å². The molecule has 2 aliphatic heterocycles. The second-order valence-corrected chi connectivity index (χ2v) is 5.40.